The van der Waals surface area contributed by atoms with Crippen LogP contribution >= 0.6 is 24.0 Å². The Hall–Kier alpha value is -0.570. The summed E-state index contributed by atoms with van der Waals surface area (Å²) in [5.41, 5.74) is 0. The summed E-state index contributed by atoms with van der Waals surface area (Å²) in [7, 11) is 3.51. The SMILES string of the molecule is CN=C(NCC(=O)NC1CCCCC1)N1CCC(COC)C1.I. The molecule has 1 aliphatic heterocycles. The number of hydrogen-bond donors (Lipinski definition) is 2. The van der Waals surface area contributed by atoms with Crippen LogP contribution in [0, 0.1) is 5.92 Å². The second-order valence-electron chi connectivity index (χ2n) is 6.36. The van der Waals surface area contributed by atoms with Gasteiger partial charge < -0.3 is 20.3 Å². The van der Waals surface area contributed by atoms with Gasteiger partial charge in [-0.25, -0.2) is 0 Å². The van der Waals surface area contributed by atoms with Crippen LogP contribution in [0.1, 0.15) is 38.5 Å². The number of carbonyl (C=O) groups is 1. The lowest BCUT2D eigenvalue weighted by atomic mass is 9.95. The molecule has 6 nitrogen and oxygen atoms in total. The summed E-state index contributed by atoms with van der Waals surface area (Å²) in [6, 6.07) is 0.364. The topological polar surface area (TPSA) is 66.0 Å². The largest absolute Gasteiger partial charge is 0.384 e. The minimum absolute atomic E-state index is 0. The van der Waals surface area contributed by atoms with Gasteiger partial charge in [0.1, 0.15) is 0 Å². The first-order valence-electron chi connectivity index (χ1n) is 8.46. The molecule has 1 heterocycles. The lowest BCUT2D eigenvalue weighted by molar-refractivity contribution is -0.120. The zero-order valence-electron chi connectivity index (χ0n) is 14.3. The van der Waals surface area contributed by atoms with Crippen molar-refractivity contribution in [2.24, 2.45) is 10.9 Å². The first kappa shape index (κ1) is 20.5. The summed E-state index contributed by atoms with van der Waals surface area (Å²) in [6.07, 6.45) is 7.11. The van der Waals surface area contributed by atoms with E-state index in [2.05, 4.69) is 20.5 Å². The molecule has 134 valence electrons. The fourth-order valence-corrected chi connectivity index (χ4v) is 3.41. The third-order valence-corrected chi connectivity index (χ3v) is 4.58. The molecule has 2 rings (SSSR count). The number of amides is 1. The highest BCUT2D eigenvalue weighted by Crippen LogP contribution is 2.17. The van der Waals surface area contributed by atoms with Gasteiger partial charge in [0.2, 0.25) is 5.91 Å². The maximum absolute atomic E-state index is 12.0. The predicted molar refractivity (Wildman–Crippen MR) is 103 cm³/mol. The number of ether oxygens (including phenoxy) is 1. The summed E-state index contributed by atoms with van der Waals surface area (Å²) in [4.78, 5) is 18.5. The number of hydrogen-bond acceptors (Lipinski definition) is 3. The van der Waals surface area contributed by atoms with Crippen molar-refractivity contribution in [2.45, 2.75) is 44.6 Å². The van der Waals surface area contributed by atoms with Crippen LogP contribution in [-0.2, 0) is 9.53 Å². The number of halogens is 1. The van der Waals surface area contributed by atoms with Crippen LogP contribution in [-0.4, -0.2) is 63.2 Å². The Labute approximate surface area is 156 Å². The first-order chi connectivity index (χ1) is 10.7. The van der Waals surface area contributed by atoms with E-state index in [0.29, 0.717) is 18.5 Å². The zero-order valence-corrected chi connectivity index (χ0v) is 16.7. The van der Waals surface area contributed by atoms with Crippen LogP contribution in [0.3, 0.4) is 0 Å². The van der Waals surface area contributed by atoms with Gasteiger partial charge >= 0.3 is 0 Å². The van der Waals surface area contributed by atoms with Gasteiger partial charge in [-0.3, -0.25) is 9.79 Å². The molecule has 0 radical (unpaired) electrons. The minimum Gasteiger partial charge on any atom is -0.384 e. The summed E-state index contributed by atoms with van der Waals surface area (Å²) in [5.74, 6) is 1.44. The van der Waals surface area contributed by atoms with E-state index in [1.807, 2.05) is 0 Å². The molecule has 1 saturated carbocycles. The molecule has 1 saturated heterocycles. The predicted octanol–water partition coefficient (Wildman–Crippen LogP) is 1.60. The molecule has 0 bridgehead atoms. The number of likely N-dealkylation sites (tertiary alicyclic amines) is 1. The fraction of sp³-hybridized carbons (Fsp3) is 0.875. The molecule has 0 aromatic heterocycles. The molecule has 23 heavy (non-hydrogen) atoms. The number of nitrogens with one attached hydrogen (secondary N) is 2. The molecular formula is C16H31IN4O2. The van der Waals surface area contributed by atoms with Crippen molar-refractivity contribution >= 4 is 35.8 Å². The quantitative estimate of drug-likeness (QED) is 0.389. The van der Waals surface area contributed by atoms with Gasteiger partial charge in [-0.1, -0.05) is 19.3 Å². The van der Waals surface area contributed by atoms with Crippen LogP contribution in [0.5, 0.6) is 0 Å². The first-order valence-corrected chi connectivity index (χ1v) is 8.46. The monoisotopic (exact) mass is 438 g/mol. The van der Waals surface area contributed by atoms with Gasteiger partial charge in [-0.05, 0) is 19.3 Å². The van der Waals surface area contributed by atoms with Gasteiger partial charge in [0, 0.05) is 39.2 Å². The second kappa shape index (κ2) is 11.1. The maximum atomic E-state index is 12.0. The molecule has 1 amide bonds. The average molecular weight is 438 g/mol. The Morgan fingerprint density at radius 1 is 1.26 bits per heavy atom. The van der Waals surface area contributed by atoms with Gasteiger partial charge in [-0.15, -0.1) is 24.0 Å². The van der Waals surface area contributed by atoms with Crippen molar-refractivity contribution in [3.63, 3.8) is 0 Å². The molecule has 1 atom stereocenters. The Morgan fingerprint density at radius 2 is 2.00 bits per heavy atom. The summed E-state index contributed by atoms with van der Waals surface area (Å²) in [5, 5.41) is 6.31. The second-order valence-corrected chi connectivity index (χ2v) is 6.36. The molecule has 1 unspecified atom stereocenters. The Kier molecular flexibility index (Phi) is 9.85. The molecule has 0 aromatic carbocycles. The van der Waals surface area contributed by atoms with E-state index in [9.17, 15) is 4.79 Å². The Bertz CT molecular complexity index is 386. The standard InChI is InChI=1S/C16H30N4O2.HI/c1-17-16(20-9-8-13(11-20)12-22-2)18-10-15(21)19-14-6-4-3-5-7-14;/h13-14H,3-12H2,1-2H3,(H,17,18)(H,19,21);1H. The fourth-order valence-electron chi connectivity index (χ4n) is 3.41. The minimum atomic E-state index is 0. The van der Waals surface area contributed by atoms with Crippen LogP contribution in [0.2, 0.25) is 0 Å². The van der Waals surface area contributed by atoms with Crippen molar-refractivity contribution < 1.29 is 9.53 Å². The van der Waals surface area contributed by atoms with Gasteiger partial charge in [0.25, 0.3) is 0 Å². The van der Waals surface area contributed by atoms with Crippen molar-refractivity contribution in [3.05, 3.63) is 0 Å². The van der Waals surface area contributed by atoms with Gasteiger partial charge in [0.05, 0.1) is 13.2 Å². The van der Waals surface area contributed by atoms with Gasteiger partial charge in [0.15, 0.2) is 5.96 Å². The number of rotatable bonds is 5. The average Bonchev–Trinajstić information content (AvgIpc) is 2.98. The van der Waals surface area contributed by atoms with E-state index in [1.54, 1.807) is 14.2 Å². The molecule has 1 aliphatic carbocycles. The van der Waals surface area contributed by atoms with Crippen molar-refractivity contribution in [1.82, 2.24) is 15.5 Å². The highest BCUT2D eigenvalue weighted by molar-refractivity contribution is 14.0. The highest BCUT2D eigenvalue weighted by atomic mass is 127. The Balaban J connectivity index is 0.00000264. The molecule has 7 heteroatoms. The Morgan fingerprint density at radius 3 is 2.65 bits per heavy atom. The number of aliphatic imine (C=N–C) groups is 1. The molecular weight excluding hydrogens is 407 g/mol. The summed E-state index contributed by atoms with van der Waals surface area (Å²) >= 11 is 0. The van der Waals surface area contributed by atoms with Crippen LogP contribution in [0.15, 0.2) is 4.99 Å². The maximum Gasteiger partial charge on any atom is 0.239 e. The highest BCUT2D eigenvalue weighted by Gasteiger charge is 2.25. The number of carbonyl (C=O) groups excluding carboxylic acids is 1. The summed E-state index contributed by atoms with van der Waals surface area (Å²) in [6.45, 7) is 3.00. The summed E-state index contributed by atoms with van der Waals surface area (Å²) < 4.78 is 5.22. The third-order valence-electron chi connectivity index (χ3n) is 4.58. The lowest BCUT2D eigenvalue weighted by Crippen LogP contribution is -2.47. The van der Waals surface area contributed by atoms with E-state index in [4.69, 9.17) is 4.74 Å². The zero-order chi connectivity index (χ0) is 15.8. The smallest absolute Gasteiger partial charge is 0.239 e. The van der Waals surface area contributed by atoms with Crippen molar-refractivity contribution in [3.8, 4) is 0 Å². The normalized spacial score (nSPS) is 22.6. The van der Waals surface area contributed by atoms with Crippen LogP contribution in [0.4, 0.5) is 0 Å². The molecule has 0 spiro atoms. The van der Waals surface area contributed by atoms with E-state index in [1.165, 1.54) is 19.3 Å². The van der Waals surface area contributed by atoms with Crippen molar-refractivity contribution in [2.75, 3.05) is 40.4 Å². The third kappa shape index (κ3) is 6.82. The van der Waals surface area contributed by atoms with Gasteiger partial charge in [-0.2, -0.15) is 0 Å². The van der Waals surface area contributed by atoms with Crippen LogP contribution < -0.4 is 10.6 Å². The van der Waals surface area contributed by atoms with Crippen LogP contribution in [0.25, 0.3) is 0 Å². The molecule has 2 fully saturated rings. The molecule has 2 aliphatic rings. The van der Waals surface area contributed by atoms with E-state index in [-0.39, 0.29) is 29.9 Å². The number of nitrogens with zero attached hydrogens (tertiary/aromatic N) is 2. The van der Waals surface area contributed by atoms with E-state index >= 15 is 0 Å². The molecule has 2 N–H and O–H groups in total. The van der Waals surface area contributed by atoms with E-state index in [0.717, 1.165) is 44.9 Å². The van der Waals surface area contributed by atoms with E-state index < -0.39 is 0 Å². The number of methoxy groups -OCH3 is 1. The molecule has 0 aromatic rings. The lowest BCUT2D eigenvalue weighted by Gasteiger charge is -2.24. The number of guanidine groups is 1. The van der Waals surface area contributed by atoms with Crippen molar-refractivity contribution in [1.29, 1.82) is 0 Å².